The summed E-state index contributed by atoms with van der Waals surface area (Å²) in [5, 5.41) is 10.4. The summed E-state index contributed by atoms with van der Waals surface area (Å²) in [5.74, 6) is -0.0560. The van der Waals surface area contributed by atoms with Gasteiger partial charge in [-0.1, -0.05) is 19.3 Å². The van der Waals surface area contributed by atoms with Crippen molar-refractivity contribution in [2.45, 2.75) is 50.3 Å². The lowest BCUT2D eigenvalue weighted by atomic mass is 9.94. The van der Waals surface area contributed by atoms with Crippen LogP contribution < -0.4 is 5.73 Å². The van der Waals surface area contributed by atoms with Gasteiger partial charge in [0.1, 0.15) is 0 Å². The third-order valence-corrected chi connectivity index (χ3v) is 5.35. The third-order valence-electron chi connectivity index (χ3n) is 5.35. The number of nitrogen functional groups attached to an aromatic ring is 1. The van der Waals surface area contributed by atoms with Gasteiger partial charge >= 0.3 is 0 Å². The first kappa shape index (κ1) is 16.3. The van der Waals surface area contributed by atoms with Gasteiger partial charge < -0.3 is 15.7 Å². The Hall–Kier alpha value is -1.59. The Morgan fingerprint density at radius 2 is 1.83 bits per heavy atom. The molecule has 1 heterocycles. The lowest BCUT2D eigenvalue weighted by molar-refractivity contribution is 0.0581. The molecule has 0 unspecified atom stereocenters. The Morgan fingerprint density at radius 3 is 2.48 bits per heavy atom. The molecular formula is C18H27N3O2. The first-order valence-corrected chi connectivity index (χ1v) is 8.61. The maximum absolute atomic E-state index is 12.6. The maximum Gasteiger partial charge on any atom is 0.253 e. The molecule has 5 nitrogen and oxygen atoms in total. The number of benzene rings is 1. The number of aliphatic hydroxyl groups excluding tert-OH is 1. The molecule has 2 fully saturated rings. The molecule has 126 valence electrons. The van der Waals surface area contributed by atoms with Crippen LogP contribution in [0.1, 0.15) is 42.5 Å². The fourth-order valence-electron chi connectivity index (χ4n) is 3.90. The Balaban J connectivity index is 1.65. The van der Waals surface area contributed by atoms with E-state index >= 15 is 0 Å². The monoisotopic (exact) mass is 317 g/mol. The molecule has 1 aliphatic heterocycles. The van der Waals surface area contributed by atoms with Gasteiger partial charge in [-0.25, -0.2) is 0 Å². The molecule has 1 amide bonds. The van der Waals surface area contributed by atoms with Crippen LogP contribution in [0.5, 0.6) is 0 Å². The summed E-state index contributed by atoms with van der Waals surface area (Å²) in [6, 6.07) is 7.40. The normalized spacial score (nSPS) is 26.3. The average Bonchev–Trinajstić information content (AvgIpc) is 2.97. The zero-order valence-corrected chi connectivity index (χ0v) is 13.8. The van der Waals surface area contributed by atoms with Crippen LogP contribution in [0.15, 0.2) is 24.3 Å². The maximum atomic E-state index is 12.6. The molecule has 1 aliphatic carbocycles. The molecule has 1 aromatic rings. The highest BCUT2D eigenvalue weighted by molar-refractivity contribution is 5.94. The van der Waals surface area contributed by atoms with Gasteiger partial charge in [0.2, 0.25) is 0 Å². The zero-order valence-electron chi connectivity index (χ0n) is 13.8. The van der Waals surface area contributed by atoms with E-state index in [0.29, 0.717) is 23.8 Å². The van der Waals surface area contributed by atoms with Gasteiger partial charge in [-0.05, 0) is 37.1 Å². The average molecular weight is 317 g/mol. The summed E-state index contributed by atoms with van der Waals surface area (Å²) in [7, 11) is 1.79. The van der Waals surface area contributed by atoms with Crippen LogP contribution in [0.25, 0.3) is 0 Å². The van der Waals surface area contributed by atoms with E-state index in [1.54, 1.807) is 36.2 Å². The van der Waals surface area contributed by atoms with E-state index in [2.05, 4.69) is 4.90 Å². The summed E-state index contributed by atoms with van der Waals surface area (Å²) < 4.78 is 0. The molecule has 2 atom stereocenters. The van der Waals surface area contributed by atoms with Gasteiger partial charge in [0.05, 0.1) is 12.1 Å². The Morgan fingerprint density at radius 1 is 1.17 bits per heavy atom. The molecular weight excluding hydrogens is 290 g/mol. The quantitative estimate of drug-likeness (QED) is 0.833. The number of amides is 1. The highest BCUT2D eigenvalue weighted by Crippen LogP contribution is 2.27. The minimum Gasteiger partial charge on any atom is -0.399 e. The van der Waals surface area contributed by atoms with E-state index in [1.807, 2.05) is 0 Å². The van der Waals surface area contributed by atoms with Crippen LogP contribution in [-0.2, 0) is 0 Å². The fourth-order valence-corrected chi connectivity index (χ4v) is 3.90. The second kappa shape index (κ2) is 6.89. The number of aliphatic hydroxyl groups is 1. The predicted octanol–water partition coefficient (Wildman–Crippen LogP) is 1.72. The number of carbonyl (C=O) groups is 1. The molecule has 1 saturated carbocycles. The van der Waals surface area contributed by atoms with Crippen molar-refractivity contribution < 1.29 is 9.90 Å². The number of nitrogens with two attached hydrogens (primary N) is 1. The van der Waals surface area contributed by atoms with Crippen molar-refractivity contribution in [2.75, 3.05) is 25.9 Å². The Labute approximate surface area is 138 Å². The molecule has 1 saturated heterocycles. The van der Waals surface area contributed by atoms with Crippen LogP contribution in [-0.4, -0.2) is 59.1 Å². The number of β-amino-alcohol motifs (C(OH)–C–C–N with tert-alkyl or cyclic N) is 1. The molecule has 2 aliphatic rings. The zero-order chi connectivity index (χ0) is 16.4. The highest BCUT2D eigenvalue weighted by atomic mass is 16.3. The van der Waals surface area contributed by atoms with Gasteiger partial charge in [-0.15, -0.1) is 0 Å². The Bertz CT molecular complexity index is 540. The highest BCUT2D eigenvalue weighted by Gasteiger charge is 2.39. The fraction of sp³-hybridized carbons (Fsp3) is 0.611. The van der Waals surface area contributed by atoms with Crippen LogP contribution in [0, 0.1) is 0 Å². The van der Waals surface area contributed by atoms with Gasteiger partial charge in [0.15, 0.2) is 0 Å². The second-order valence-corrected chi connectivity index (χ2v) is 6.92. The van der Waals surface area contributed by atoms with Gasteiger partial charge in [-0.3, -0.25) is 9.69 Å². The van der Waals surface area contributed by atoms with E-state index in [-0.39, 0.29) is 11.9 Å². The number of likely N-dealkylation sites (N-methyl/N-ethyl adjacent to an activating group) is 1. The SMILES string of the molecule is CN(C(=O)c1ccc(N)cc1)[C@H]1CN(C2CCCCC2)C[C@@H]1O. The van der Waals surface area contributed by atoms with Crippen LogP contribution >= 0.6 is 0 Å². The summed E-state index contributed by atoms with van der Waals surface area (Å²) in [5.41, 5.74) is 6.94. The minimum atomic E-state index is -0.473. The van der Waals surface area contributed by atoms with Crippen LogP contribution in [0.3, 0.4) is 0 Å². The van der Waals surface area contributed by atoms with Gasteiger partial charge in [-0.2, -0.15) is 0 Å². The van der Waals surface area contributed by atoms with Gasteiger partial charge in [0, 0.05) is 37.4 Å². The molecule has 3 rings (SSSR count). The summed E-state index contributed by atoms with van der Waals surface area (Å²) >= 11 is 0. The largest absolute Gasteiger partial charge is 0.399 e. The third kappa shape index (κ3) is 3.51. The van der Waals surface area contributed by atoms with E-state index in [0.717, 1.165) is 6.54 Å². The predicted molar refractivity (Wildman–Crippen MR) is 91.2 cm³/mol. The van der Waals surface area contributed by atoms with E-state index in [4.69, 9.17) is 5.73 Å². The molecule has 5 heteroatoms. The minimum absolute atomic E-state index is 0.0560. The molecule has 0 aromatic heterocycles. The number of hydrogen-bond donors (Lipinski definition) is 2. The number of carbonyl (C=O) groups excluding carboxylic acids is 1. The molecule has 0 radical (unpaired) electrons. The van der Waals surface area contributed by atoms with Crippen LogP contribution in [0.4, 0.5) is 5.69 Å². The first-order chi connectivity index (χ1) is 11.1. The van der Waals surface area contributed by atoms with Crippen LogP contribution in [0.2, 0.25) is 0 Å². The van der Waals surface area contributed by atoms with Crippen molar-refractivity contribution in [1.82, 2.24) is 9.80 Å². The van der Waals surface area contributed by atoms with Crippen molar-refractivity contribution in [1.29, 1.82) is 0 Å². The van der Waals surface area contributed by atoms with Crippen molar-refractivity contribution >= 4 is 11.6 Å². The molecule has 0 spiro atoms. The van der Waals surface area contributed by atoms with E-state index in [9.17, 15) is 9.90 Å². The number of hydrogen-bond acceptors (Lipinski definition) is 4. The van der Waals surface area contributed by atoms with E-state index < -0.39 is 6.10 Å². The molecule has 0 bridgehead atoms. The number of likely N-dealkylation sites (tertiary alicyclic amines) is 1. The second-order valence-electron chi connectivity index (χ2n) is 6.92. The molecule has 23 heavy (non-hydrogen) atoms. The van der Waals surface area contributed by atoms with E-state index in [1.165, 1.54) is 32.1 Å². The summed E-state index contributed by atoms with van der Waals surface area (Å²) in [6.45, 7) is 1.44. The smallest absolute Gasteiger partial charge is 0.253 e. The summed E-state index contributed by atoms with van der Waals surface area (Å²) in [6.07, 6.45) is 5.85. The van der Waals surface area contributed by atoms with Crippen molar-refractivity contribution in [3.05, 3.63) is 29.8 Å². The topological polar surface area (TPSA) is 69.8 Å². The number of rotatable bonds is 3. The van der Waals surface area contributed by atoms with Crippen molar-refractivity contribution in [3.63, 3.8) is 0 Å². The number of nitrogens with zero attached hydrogens (tertiary/aromatic N) is 2. The van der Waals surface area contributed by atoms with Crippen molar-refractivity contribution in [2.24, 2.45) is 0 Å². The summed E-state index contributed by atoms with van der Waals surface area (Å²) in [4.78, 5) is 16.7. The first-order valence-electron chi connectivity index (χ1n) is 8.61. The molecule has 1 aromatic carbocycles. The van der Waals surface area contributed by atoms with Gasteiger partial charge in [0.25, 0.3) is 5.91 Å². The standard InChI is InChI=1S/C18H27N3O2/c1-20(18(23)13-7-9-14(19)10-8-13)16-11-21(12-17(16)22)15-5-3-2-4-6-15/h7-10,15-17,22H,2-6,11-12,19H2,1H3/t16-,17-/m0/s1. The lowest BCUT2D eigenvalue weighted by Gasteiger charge is -2.31. The Kier molecular flexibility index (Phi) is 4.87. The lowest BCUT2D eigenvalue weighted by Crippen LogP contribution is -2.44. The van der Waals surface area contributed by atoms with Crippen molar-refractivity contribution in [3.8, 4) is 0 Å². The number of anilines is 1. The molecule has 3 N–H and O–H groups in total.